The Morgan fingerprint density at radius 1 is 1.06 bits per heavy atom. The fourth-order valence-electron chi connectivity index (χ4n) is 5.54. The highest BCUT2D eigenvalue weighted by molar-refractivity contribution is 5.80. The van der Waals surface area contributed by atoms with Crippen LogP contribution in [0.15, 0.2) is 30.9 Å². The van der Waals surface area contributed by atoms with E-state index in [2.05, 4.69) is 44.9 Å². The van der Waals surface area contributed by atoms with Crippen LogP contribution in [0, 0.1) is 28.6 Å². The van der Waals surface area contributed by atoms with E-state index in [0.717, 1.165) is 54.8 Å². The minimum atomic E-state index is -0.688. The maximum absolute atomic E-state index is 10.8. The van der Waals surface area contributed by atoms with Gasteiger partial charge in [0, 0.05) is 42.6 Å². The average Bonchev–Trinajstić information content (AvgIpc) is 3.66. The molecule has 2 unspecified atom stereocenters. The Balaban J connectivity index is 1.37. The van der Waals surface area contributed by atoms with Gasteiger partial charge in [0.1, 0.15) is 17.6 Å². The van der Waals surface area contributed by atoms with Gasteiger partial charge in [-0.15, -0.1) is 0 Å². The maximum Gasteiger partial charge on any atom is 0.159 e. The van der Waals surface area contributed by atoms with Crippen molar-refractivity contribution in [3.63, 3.8) is 0 Å². The summed E-state index contributed by atoms with van der Waals surface area (Å²) in [4.78, 5) is 15.9. The number of aromatic nitrogens is 5. The zero-order chi connectivity index (χ0) is 22.3. The molecule has 0 radical (unpaired) electrons. The number of rotatable bonds is 3. The highest BCUT2D eigenvalue weighted by atomic mass is 16.3. The van der Waals surface area contributed by atoms with Crippen molar-refractivity contribution in [1.82, 2.24) is 24.7 Å². The number of pyridine rings is 1. The summed E-state index contributed by atoms with van der Waals surface area (Å²) < 4.78 is 1.81. The summed E-state index contributed by atoms with van der Waals surface area (Å²) in [6, 6.07) is 6.53. The van der Waals surface area contributed by atoms with Gasteiger partial charge >= 0.3 is 0 Å². The van der Waals surface area contributed by atoms with Gasteiger partial charge in [0.05, 0.1) is 29.1 Å². The number of fused-ring (bicyclic) bond motifs is 1. The predicted molar refractivity (Wildman–Crippen MR) is 119 cm³/mol. The summed E-state index contributed by atoms with van der Waals surface area (Å²) in [6.45, 7) is 7.54. The van der Waals surface area contributed by atoms with Crippen molar-refractivity contribution in [2.24, 2.45) is 17.3 Å². The lowest BCUT2D eigenvalue weighted by Crippen LogP contribution is -2.55. The van der Waals surface area contributed by atoms with Gasteiger partial charge in [-0.05, 0) is 37.7 Å². The Bertz CT molecular complexity index is 1260. The molecule has 4 atom stereocenters. The Kier molecular flexibility index (Phi) is 3.84. The van der Waals surface area contributed by atoms with E-state index in [-0.39, 0.29) is 17.3 Å². The monoisotopic (exact) mass is 429 g/mol. The quantitative estimate of drug-likeness (QED) is 0.682. The van der Waals surface area contributed by atoms with Crippen molar-refractivity contribution < 1.29 is 5.11 Å². The van der Waals surface area contributed by atoms with Gasteiger partial charge in [0.15, 0.2) is 5.82 Å². The van der Waals surface area contributed by atoms with E-state index in [1.54, 1.807) is 12.5 Å². The van der Waals surface area contributed by atoms with Crippen molar-refractivity contribution in [1.29, 1.82) is 5.26 Å². The van der Waals surface area contributed by atoms with Crippen LogP contribution in [0.1, 0.15) is 45.7 Å². The number of aliphatic hydroxyl groups is 1. The molecular weight excluding hydrogens is 402 g/mol. The van der Waals surface area contributed by atoms with Gasteiger partial charge in [0.2, 0.25) is 0 Å². The molecule has 1 saturated heterocycles. The third-order valence-corrected chi connectivity index (χ3v) is 8.48. The van der Waals surface area contributed by atoms with Crippen LogP contribution in [-0.4, -0.2) is 48.5 Å². The first-order valence-corrected chi connectivity index (χ1v) is 11.3. The SMILES string of the molecule is CC1CN(c2cc(-n3ncc4cnc([C@@]5(C#N)CC56CC6)cc43)ncn2)C[C@H](C)C1(C)O. The summed E-state index contributed by atoms with van der Waals surface area (Å²) in [5.41, 5.74) is 0.789. The summed E-state index contributed by atoms with van der Waals surface area (Å²) in [7, 11) is 0. The molecule has 3 aromatic heterocycles. The Morgan fingerprint density at radius 2 is 1.78 bits per heavy atom. The fraction of sp³-hybridized carbons (Fsp3) is 0.542. The molecule has 3 aromatic rings. The molecule has 4 heterocycles. The van der Waals surface area contributed by atoms with Gasteiger partial charge in [-0.1, -0.05) is 13.8 Å². The van der Waals surface area contributed by atoms with Crippen molar-refractivity contribution in [2.45, 2.75) is 51.0 Å². The van der Waals surface area contributed by atoms with Crippen LogP contribution in [0.2, 0.25) is 0 Å². The molecule has 2 aliphatic carbocycles. The molecular formula is C24H27N7O. The topological polar surface area (TPSA) is 104 Å². The van der Waals surface area contributed by atoms with Gasteiger partial charge in [0.25, 0.3) is 0 Å². The van der Waals surface area contributed by atoms with E-state index in [4.69, 9.17) is 0 Å². The minimum Gasteiger partial charge on any atom is -0.389 e. The third-order valence-electron chi connectivity index (χ3n) is 8.48. The number of anilines is 1. The summed E-state index contributed by atoms with van der Waals surface area (Å²) in [6.07, 6.45) is 8.33. The van der Waals surface area contributed by atoms with Crippen LogP contribution < -0.4 is 4.90 Å². The molecule has 0 aromatic carbocycles. The smallest absolute Gasteiger partial charge is 0.159 e. The number of nitrogens with zero attached hydrogens (tertiary/aromatic N) is 7. The predicted octanol–water partition coefficient (Wildman–Crippen LogP) is 3.00. The zero-order valence-corrected chi connectivity index (χ0v) is 18.7. The van der Waals surface area contributed by atoms with Crippen molar-refractivity contribution >= 4 is 16.7 Å². The molecule has 0 amide bonds. The summed E-state index contributed by atoms with van der Waals surface area (Å²) in [5, 5.41) is 26.1. The number of hydrogen-bond acceptors (Lipinski definition) is 7. The summed E-state index contributed by atoms with van der Waals surface area (Å²) in [5.74, 6) is 1.76. The van der Waals surface area contributed by atoms with Crippen LogP contribution in [0.25, 0.3) is 16.7 Å². The van der Waals surface area contributed by atoms with E-state index < -0.39 is 11.0 Å². The third kappa shape index (κ3) is 2.58. The van der Waals surface area contributed by atoms with Gasteiger partial charge in [-0.25, -0.2) is 14.6 Å². The lowest BCUT2D eigenvalue weighted by atomic mass is 9.76. The first-order chi connectivity index (χ1) is 15.3. The van der Waals surface area contributed by atoms with E-state index in [9.17, 15) is 10.4 Å². The van der Waals surface area contributed by atoms with Crippen molar-refractivity contribution in [3.05, 3.63) is 36.5 Å². The fourth-order valence-corrected chi connectivity index (χ4v) is 5.54. The molecule has 1 spiro atoms. The average molecular weight is 430 g/mol. The second kappa shape index (κ2) is 6.26. The van der Waals surface area contributed by atoms with E-state index >= 15 is 0 Å². The Morgan fingerprint density at radius 3 is 2.44 bits per heavy atom. The number of nitriles is 1. The first kappa shape index (κ1) is 19.6. The number of piperidine rings is 1. The lowest BCUT2D eigenvalue weighted by Gasteiger charge is -2.46. The van der Waals surface area contributed by atoms with Gasteiger partial charge < -0.3 is 10.0 Å². The van der Waals surface area contributed by atoms with E-state index in [1.807, 2.05) is 29.9 Å². The Labute approximate surface area is 186 Å². The van der Waals surface area contributed by atoms with E-state index in [1.165, 1.54) is 0 Å². The van der Waals surface area contributed by atoms with Gasteiger partial charge in [-0.2, -0.15) is 10.4 Å². The first-order valence-electron chi connectivity index (χ1n) is 11.3. The number of hydrogen-bond donors (Lipinski definition) is 1. The van der Waals surface area contributed by atoms with Crippen molar-refractivity contribution in [2.75, 3.05) is 18.0 Å². The van der Waals surface area contributed by atoms with Crippen molar-refractivity contribution in [3.8, 4) is 11.9 Å². The molecule has 3 aliphatic rings. The van der Waals surface area contributed by atoms with Gasteiger partial charge in [-0.3, -0.25) is 4.98 Å². The molecule has 164 valence electrons. The molecule has 1 aliphatic heterocycles. The molecule has 0 bridgehead atoms. The molecule has 32 heavy (non-hydrogen) atoms. The Hall–Kier alpha value is -3.05. The lowest BCUT2D eigenvalue weighted by molar-refractivity contribution is -0.0504. The molecule has 3 fully saturated rings. The van der Waals surface area contributed by atoms with Crippen LogP contribution in [0.3, 0.4) is 0 Å². The summed E-state index contributed by atoms with van der Waals surface area (Å²) >= 11 is 0. The zero-order valence-electron chi connectivity index (χ0n) is 18.7. The molecule has 2 saturated carbocycles. The highest BCUT2D eigenvalue weighted by Gasteiger charge is 2.76. The molecule has 1 N–H and O–H groups in total. The van der Waals surface area contributed by atoms with E-state index in [0.29, 0.717) is 5.82 Å². The molecule has 6 rings (SSSR count). The van der Waals surface area contributed by atoms with Crippen LogP contribution >= 0.6 is 0 Å². The normalized spacial score (nSPS) is 32.8. The standard InChI is InChI=1S/C24H27N7O/c1-15-10-30(11-16(2)22(15,3)32)20-7-21(28-14-27-20)31-18-6-19(26-8-17(18)9-29-31)24(13-25)12-23(24)4-5-23/h6-9,14-16,32H,4-5,10-12H2,1-3H3/t15-,16?,22?,24-/m0/s1. The highest BCUT2D eigenvalue weighted by Crippen LogP contribution is 2.78. The van der Waals surface area contributed by atoms with Crippen LogP contribution in [0.4, 0.5) is 5.82 Å². The van der Waals surface area contributed by atoms with Crippen LogP contribution in [-0.2, 0) is 5.41 Å². The second-order valence-corrected chi connectivity index (χ2v) is 10.3. The largest absolute Gasteiger partial charge is 0.389 e. The minimum absolute atomic E-state index is 0.124. The molecule has 8 nitrogen and oxygen atoms in total. The second-order valence-electron chi connectivity index (χ2n) is 10.3. The molecule has 8 heteroatoms. The maximum atomic E-state index is 10.8. The van der Waals surface area contributed by atoms with Crippen LogP contribution in [0.5, 0.6) is 0 Å².